The lowest BCUT2D eigenvalue weighted by atomic mass is 10.0. The summed E-state index contributed by atoms with van der Waals surface area (Å²) in [7, 11) is 0. The molecule has 104 valence electrons. The molecule has 1 unspecified atom stereocenters. The third kappa shape index (κ3) is 5.72. The highest BCUT2D eigenvalue weighted by molar-refractivity contribution is 6.30. The molecule has 3 N–H and O–H groups in total. The van der Waals surface area contributed by atoms with Crippen LogP contribution in [0.15, 0.2) is 24.3 Å². The molecule has 1 atom stereocenters. The van der Waals surface area contributed by atoms with E-state index < -0.39 is 6.04 Å². The van der Waals surface area contributed by atoms with E-state index in [1.54, 1.807) is 24.3 Å². The normalized spacial score (nSPS) is 11.7. The van der Waals surface area contributed by atoms with Gasteiger partial charge in [0.05, 0.1) is 19.1 Å². The summed E-state index contributed by atoms with van der Waals surface area (Å²) in [6.07, 6.45) is 0.112. The van der Waals surface area contributed by atoms with Crippen molar-refractivity contribution in [3.05, 3.63) is 34.9 Å². The summed E-state index contributed by atoms with van der Waals surface area (Å²) in [6, 6.07) is 6.53. The van der Waals surface area contributed by atoms with Gasteiger partial charge in [0.2, 0.25) is 11.8 Å². The third-order valence-electron chi connectivity index (χ3n) is 2.47. The van der Waals surface area contributed by atoms with Crippen molar-refractivity contribution in [1.82, 2.24) is 10.6 Å². The SMILES string of the molecule is CC(=O)NC(CC(=O)NCCO)c1ccc(Cl)cc1. The Morgan fingerprint density at radius 2 is 1.95 bits per heavy atom. The summed E-state index contributed by atoms with van der Waals surface area (Å²) in [5, 5.41) is 14.5. The van der Waals surface area contributed by atoms with Gasteiger partial charge in [-0.05, 0) is 17.7 Å². The van der Waals surface area contributed by atoms with Crippen molar-refractivity contribution in [2.75, 3.05) is 13.2 Å². The first-order valence-electron chi connectivity index (χ1n) is 5.93. The predicted molar refractivity (Wildman–Crippen MR) is 72.7 cm³/mol. The topological polar surface area (TPSA) is 78.4 Å². The van der Waals surface area contributed by atoms with Crippen molar-refractivity contribution >= 4 is 23.4 Å². The number of rotatable bonds is 6. The van der Waals surface area contributed by atoms with E-state index in [0.29, 0.717) is 5.02 Å². The lowest BCUT2D eigenvalue weighted by Gasteiger charge is -2.18. The summed E-state index contributed by atoms with van der Waals surface area (Å²) in [5.41, 5.74) is 0.804. The van der Waals surface area contributed by atoms with Crippen LogP contribution < -0.4 is 10.6 Å². The first-order chi connectivity index (χ1) is 9.02. The minimum atomic E-state index is -0.409. The standard InChI is InChI=1S/C13H17ClN2O3/c1-9(18)16-12(8-13(19)15-6-7-17)10-2-4-11(14)5-3-10/h2-5,12,17H,6-8H2,1H3,(H,15,19)(H,16,18). The number of benzene rings is 1. The maximum Gasteiger partial charge on any atom is 0.222 e. The van der Waals surface area contributed by atoms with E-state index in [4.69, 9.17) is 16.7 Å². The Labute approximate surface area is 117 Å². The summed E-state index contributed by atoms with van der Waals surface area (Å²) >= 11 is 5.80. The van der Waals surface area contributed by atoms with Crippen LogP contribution in [0.5, 0.6) is 0 Å². The van der Waals surface area contributed by atoms with Crippen LogP contribution in [0.2, 0.25) is 5.02 Å². The molecule has 19 heavy (non-hydrogen) atoms. The second-order valence-electron chi connectivity index (χ2n) is 4.08. The Kier molecular flexibility index (Phi) is 6.32. The Morgan fingerprint density at radius 1 is 1.32 bits per heavy atom. The summed E-state index contributed by atoms with van der Waals surface area (Å²) < 4.78 is 0. The van der Waals surface area contributed by atoms with E-state index in [9.17, 15) is 9.59 Å². The zero-order valence-electron chi connectivity index (χ0n) is 10.6. The predicted octanol–water partition coefficient (Wildman–Crippen LogP) is 1.02. The molecule has 6 heteroatoms. The number of nitrogens with one attached hydrogen (secondary N) is 2. The van der Waals surface area contributed by atoms with Crippen molar-refractivity contribution in [2.45, 2.75) is 19.4 Å². The second kappa shape index (κ2) is 7.76. The number of hydrogen-bond donors (Lipinski definition) is 3. The zero-order valence-corrected chi connectivity index (χ0v) is 11.4. The van der Waals surface area contributed by atoms with Crippen LogP contribution >= 0.6 is 11.6 Å². The molecule has 0 heterocycles. The molecule has 0 saturated heterocycles. The molecule has 1 aromatic rings. The molecule has 0 spiro atoms. The molecular weight excluding hydrogens is 268 g/mol. The molecule has 0 aliphatic rings. The van der Waals surface area contributed by atoms with E-state index >= 15 is 0 Å². The lowest BCUT2D eigenvalue weighted by molar-refractivity contribution is -0.122. The first kappa shape index (κ1) is 15.5. The lowest BCUT2D eigenvalue weighted by Crippen LogP contribution is -2.33. The number of aliphatic hydroxyl groups excluding tert-OH is 1. The summed E-state index contributed by atoms with van der Waals surface area (Å²) in [5.74, 6) is -0.447. The van der Waals surface area contributed by atoms with Gasteiger partial charge in [0.15, 0.2) is 0 Å². The highest BCUT2D eigenvalue weighted by Crippen LogP contribution is 2.19. The molecule has 0 aromatic heterocycles. The van der Waals surface area contributed by atoms with E-state index in [0.717, 1.165) is 5.56 Å². The maximum atomic E-state index is 11.6. The number of aliphatic hydroxyl groups is 1. The average molecular weight is 285 g/mol. The van der Waals surface area contributed by atoms with Crippen LogP contribution in [0.4, 0.5) is 0 Å². The Hall–Kier alpha value is -1.59. The quantitative estimate of drug-likeness (QED) is 0.730. The molecule has 0 saturated carbocycles. The van der Waals surface area contributed by atoms with E-state index in [2.05, 4.69) is 10.6 Å². The fourth-order valence-electron chi connectivity index (χ4n) is 1.65. The second-order valence-corrected chi connectivity index (χ2v) is 4.52. The van der Waals surface area contributed by atoms with Gasteiger partial charge in [-0.1, -0.05) is 23.7 Å². The first-order valence-corrected chi connectivity index (χ1v) is 6.31. The molecule has 2 amide bonds. The monoisotopic (exact) mass is 284 g/mol. The molecule has 0 bridgehead atoms. The maximum absolute atomic E-state index is 11.6. The Balaban J connectivity index is 2.74. The van der Waals surface area contributed by atoms with E-state index in [1.807, 2.05) is 0 Å². The van der Waals surface area contributed by atoms with E-state index in [-0.39, 0.29) is 31.4 Å². The van der Waals surface area contributed by atoms with Crippen molar-refractivity contribution in [3.8, 4) is 0 Å². The number of carbonyl (C=O) groups excluding carboxylic acids is 2. The smallest absolute Gasteiger partial charge is 0.222 e. The van der Waals surface area contributed by atoms with Crippen molar-refractivity contribution in [1.29, 1.82) is 0 Å². The fourth-order valence-corrected chi connectivity index (χ4v) is 1.77. The number of halogens is 1. The van der Waals surface area contributed by atoms with Gasteiger partial charge in [0.25, 0.3) is 0 Å². The zero-order chi connectivity index (χ0) is 14.3. The summed E-state index contributed by atoms with van der Waals surface area (Å²) in [4.78, 5) is 22.8. The summed E-state index contributed by atoms with van der Waals surface area (Å²) in [6.45, 7) is 1.48. The van der Waals surface area contributed by atoms with Gasteiger partial charge < -0.3 is 15.7 Å². The number of amides is 2. The van der Waals surface area contributed by atoms with Crippen LogP contribution in [0.25, 0.3) is 0 Å². The molecule has 0 aliphatic carbocycles. The highest BCUT2D eigenvalue weighted by atomic mass is 35.5. The highest BCUT2D eigenvalue weighted by Gasteiger charge is 2.16. The van der Waals surface area contributed by atoms with Gasteiger partial charge in [-0.2, -0.15) is 0 Å². The van der Waals surface area contributed by atoms with E-state index in [1.165, 1.54) is 6.92 Å². The Bertz CT molecular complexity index is 434. The molecule has 0 fully saturated rings. The minimum Gasteiger partial charge on any atom is -0.395 e. The van der Waals surface area contributed by atoms with Gasteiger partial charge in [-0.15, -0.1) is 0 Å². The molecule has 1 rings (SSSR count). The largest absolute Gasteiger partial charge is 0.395 e. The van der Waals surface area contributed by atoms with Crippen LogP contribution in [0.1, 0.15) is 24.9 Å². The van der Waals surface area contributed by atoms with Crippen molar-refractivity contribution in [3.63, 3.8) is 0 Å². The molecule has 5 nitrogen and oxygen atoms in total. The van der Waals surface area contributed by atoms with Crippen LogP contribution in [0, 0.1) is 0 Å². The van der Waals surface area contributed by atoms with Crippen LogP contribution in [-0.2, 0) is 9.59 Å². The number of hydrogen-bond acceptors (Lipinski definition) is 3. The van der Waals surface area contributed by atoms with Gasteiger partial charge in [0.1, 0.15) is 0 Å². The Morgan fingerprint density at radius 3 is 2.47 bits per heavy atom. The fraction of sp³-hybridized carbons (Fsp3) is 0.385. The van der Waals surface area contributed by atoms with Gasteiger partial charge in [-0.25, -0.2) is 0 Å². The third-order valence-corrected chi connectivity index (χ3v) is 2.73. The van der Waals surface area contributed by atoms with Crippen molar-refractivity contribution < 1.29 is 14.7 Å². The van der Waals surface area contributed by atoms with Gasteiger partial charge in [0, 0.05) is 18.5 Å². The average Bonchev–Trinajstić information content (AvgIpc) is 2.36. The minimum absolute atomic E-state index is 0.112. The van der Waals surface area contributed by atoms with Gasteiger partial charge in [-0.3, -0.25) is 9.59 Å². The van der Waals surface area contributed by atoms with Crippen LogP contribution in [0.3, 0.4) is 0 Å². The molecule has 0 aliphatic heterocycles. The number of carbonyl (C=O) groups is 2. The van der Waals surface area contributed by atoms with Crippen molar-refractivity contribution in [2.24, 2.45) is 0 Å². The molecule has 0 radical (unpaired) electrons. The van der Waals surface area contributed by atoms with Gasteiger partial charge >= 0.3 is 0 Å². The molecular formula is C13H17ClN2O3. The van der Waals surface area contributed by atoms with Crippen LogP contribution in [-0.4, -0.2) is 30.1 Å². The molecule has 1 aromatic carbocycles.